The molecule has 15 heavy (non-hydrogen) atoms. The van der Waals surface area contributed by atoms with Crippen molar-refractivity contribution in [1.29, 1.82) is 0 Å². The summed E-state index contributed by atoms with van der Waals surface area (Å²) in [6, 6.07) is 0. The summed E-state index contributed by atoms with van der Waals surface area (Å²) in [6.45, 7) is 2.10. The van der Waals surface area contributed by atoms with Gasteiger partial charge in [0, 0.05) is 13.1 Å². The summed E-state index contributed by atoms with van der Waals surface area (Å²) in [5.74, 6) is 1.20. The molecular formula is C9H14BrN5. The summed E-state index contributed by atoms with van der Waals surface area (Å²) in [7, 11) is 0. The van der Waals surface area contributed by atoms with Gasteiger partial charge < -0.3 is 11.2 Å². The molecule has 0 radical (unpaired) electrons. The van der Waals surface area contributed by atoms with E-state index in [1.807, 2.05) is 0 Å². The van der Waals surface area contributed by atoms with Crippen molar-refractivity contribution in [3.63, 3.8) is 0 Å². The molecule has 0 spiro atoms. The lowest BCUT2D eigenvalue weighted by atomic mass is 10.2. The molecule has 0 aromatic carbocycles. The van der Waals surface area contributed by atoms with Crippen LogP contribution in [0.3, 0.4) is 0 Å². The number of nitrogens with two attached hydrogens (primary N) is 1. The fraction of sp³-hybridized carbons (Fsp3) is 0.556. The van der Waals surface area contributed by atoms with Crippen molar-refractivity contribution >= 4 is 27.6 Å². The molecule has 1 aromatic heterocycles. The Hall–Kier alpha value is -0.880. The number of hydrazine groups is 1. The molecule has 1 saturated heterocycles. The zero-order chi connectivity index (χ0) is 10.7. The van der Waals surface area contributed by atoms with Crippen LogP contribution in [0.5, 0.6) is 0 Å². The van der Waals surface area contributed by atoms with E-state index in [1.165, 1.54) is 25.6 Å². The largest absolute Gasteiger partial charge is 0.383 e. The highest BCUT2D eigenvalue weighted by molar-refractivity contribution is 9.10. The molecule has 0 aliphatic carbocycles. The van der Waals surface area contributed by atoms with Crippen molar-refractivity contribution in [2.75, 3.05) is 24.2 Å². The first-order chi connectivity index (χ1) is 7.27. The second-order valence-electron chi connectivity index (χ2n) is 3.58. The van der Waals surface area contributed by atoms with Crippen molar-refractivity contribution < 1.29 is 0 Å². The highest BCUT2D eigenvalue weighted by Gasteiger charge is 2.12. The zero-order valence-electron chi connectivity index (χ0n) is 8.41. The van der Waals surface area contributed by atoms with Gasteiger partial charge in [-0.25, -0.2) is 15.0 Å². The van der Waals surface area contributed by atoms with Crippen LogP contribution in [0.1, 0.15) is 19.3 Å². The Morgan fingerprint density at radius 3 is 2.73 bits per heavy atom. The molecule has 5 nitrogen and oxygen atoms in total. The van der Waals surface area contributed by atoms with Crippen LogP contribution in [-0.2, 0) is 0 Å². The van der Waals surface area contributed by atoms with Crippen molar-refractivity contribution in [2.45, 2.75) is 19.3 Å². The topological polar surface area (TPSA) is 67.1 Å². The number of nitrogens with one attached hydrogen (secondary N) is 1. The SMILES string of the molecule is Nc1ncnc(NN2CCCCC2)c1Br. The summed E-state index contributed by atoms with van der Waals surface area (Å²) in [4.78, 5) is 8.04. The molecule has 1 aromatic rings. The zero-order valence-corrected chi connectivity index (χ0v) is 10.00. The first-order valence-electron chi connectivity index (χ1n) is 5.05. The first kappa shape index (κ1) is 10.6. The second kappa shape index (κ2) is 4.76. The number of nitrogen functional groups attached to an aromatic ring is 1. The lowest BCUT2D eigenvalue weighted by Gasteiger charge is -2.27. The van der Waals surface area contributed by atoms with Crippen LogP contribution >= 0.6 is 15.9 Å². The molecule has 6 heteroatoms. The van der Waals surface area contributed by atoms with Crippen LogP contribution in [0.4, 0.5) is 11.6 Å². The molecule has 0 amide bonds. The lowest BCUT2D eigenvalue weighted by molar-refractivity contribution is 0.272. The molecule has 1 aliphatic rings. The highest BCUT2D eigenvalue weighted by Crippen LogP contribution is 2.24. The minimum Gasteiger partial charge on any atom is -0.383 e. The van der Waals surface area contributed by atoms with Gasteiger partial charge in [0.15, 0.2) is 5.82 Å². The monoisotopic (exact) mass is 271 g/mol. The number of halogens is 1. The maximum absolute atomic E-state index is 5.67. The standard InChI is InChI=1S/C9H14BrN5/c10-7-8(11)12-6-13-9(7)14-15-4-2-1-3-5-15/h6H,1-5H2,(H3,11,12,13,14). The molecule has 2 rings (SSSR count). The van der Waals surface area contributed by atoms with Crippen molar-refractivity contribution in [2.24, 2.45) is 0 Å². The number of hydrogen-bond donors (Lipinski definition) is 2. The minimum absolute atomic E-state index is 0.463. The maximum Gasteiger partial charge on any atom is 0.160 e. The van der Waals surface area contributed by atoms with Gasteiger partial charge in [0.25, 0.3) is 0 Å². The smallest absolute Gasteiger partial charge is 0.160 e. The molecule has 1 fully saturated rings. The summed E-state index contributed by atoms with van der Waals surface area (Å²) >= 11 is 3.37. The van der Waals surface area contributed by atoms with E-state index in [9.17, 15) is 0 Å². The van der Waals surface area contributed by atoms with E-state index in [-0.39, 0.29) is 0 Å². The van der Waals surface area contributed by atoms with E-state index < -0.39 is 0 Å². The van der Waals surface area contributed by atoms with Crippen molar-refractivity contribution in [3.05, 3.63) is 10.8 Å². The van der Waals surface area contributed by atoms with Crippen LogP contribution in [0.2, 0.25) is 0 Å². The number of nitrogens with zero attached hydrogens (tertiary/aromatic N) is 3. The van der Waals surface area contributed by atoms with Gasteiger partial charge in [-0.15, -0.1) is 0 Å². The fourth-order valence-electron chi connectivity index (χ4n) is 1.62. The number of piperidine rings is 1. The number of hydrogen-bond acceptors (Lipinski definition) is 5. The Bertz CT molecular complexity index is 337. The Morgan fingerprint density at radius 1 is 1.27 bits per heavy atom. The highest BCUT2D eigenvalue weighted by atomic mass is 79.9. The fourth-order valence-corrected chi connectivity index (χ4v) is 1.91. The van der Waals surface area contributed by atoms with Crippen LogP contribution in [0.15, 0.2) is 10.8 Å². The van der Waals surface area contributed by atoms with Gasteiger partial charge in [-0.1, -0.05) is 6.42 Å². The molecule has 1 aliphatic heterocycles. The third kappa shape index (κ3) is 2.57. The molecule has 2 heterocycles. The Balaban J connectivity index is 2.06. The first-order valence-corrected chi connectivity index (χ1v) is 5.84. The van der Waals surface area contributed by atoms with E-state index >= 15 is 0 Å². The van der Waals surface area contributed by atoms with Crippen LogP contribution in [-0.4, -0.2) is 28.1 Å². The van der Waals surface area contributed by atoms with Crippen molar-refractivity contribution in [1.82, 2.24) is 15.0 Å². The molecular weight excluding hydrogens is 258 g/mol. The molecule has 0 atom stereocenters. The van der Waals surface area contributed by atoms with E-state index in [0.29, 0.717) is 5.82 Å². The van der Waals surface area contributed by atoms with E-state index in [4.69, 9.17) is 5.73 Å². The van der Waals surface area contributed by atoms with E-state index in [0.717, 1.165) is 23.4 Å². The normalized spacial score (nSPS) is 17.7. The van der Waals surface area contributed by atoms with Gasteiger partial charge in [-0.2, -0.15) is 0 Å². The number of aromatic nitrogens is 2. The third-order valence-electron chi connectivity index (χ3n) is 2.44. The van der Waals surface area contributed by atoms with Crippen LogP contribution in [0.25, 0.3) is 0 Å². The maximum atomic E-state index is 5.67. The van der Waals surface area contributed by atoms with Crippen LogP contribution in [0, 0.1) is 0 Å². The average Bonchev–Trinajstić information content (AvgIpc) is 2.26. The van der Waals surface area contributed by atoms with Gasteiger partial charge in [0.1, 0.15) is 16.6 Å². The Kier molecular flexibility index (Phi) is 3.37. The van der Waals surface area contributed by atoms with E-state index in [2.05, 4.69) is 36.3 Å². The van der Waals surface area contributed by atoms with Crippen molar-refractivity contribution in [3.8, 4) is 0 Å². The number of anilines is 2. The lowest BCUT2D eigenvalue weighted by Crippen LogP contribution is -2.35. The third-order valence-corrected chi connectivity index (χ3v) is 3.22. The molecule has 0 unspecified atom stereocenters. The summed E-state index contributed by atoms with van der Waals surface area (Å²) in [5, 5.41) is 2.16. The van der Waals surface area contributed by atoms with Gasteiger partial charge in [0.05, 0.1) is 0 Å². The Morgan fingerprint density at radius 2 is 2.00 bits per heavy atom. The van der Waals surface area contributed by atoms with Gasteiger partial charge in [0.2, 0.25) is 0 Å². The predicted octanol–water partition coefficient (Wildman–Crippen LogP) is 1.63. The van der Waals surface area contributed by atoms with Gasteiger partial charge >= 0.3 is 0 Å². The minimum atomic E-state index is 0.463. The number of rotatable bonds is 2. The predicted molar refractivity (Wildman–Crippen MR) is 63.2 cm³/mol. The Labute approximate surface area is 97.2 Å². The van der Waals surface area contributed by atoms with E-state index in [1.54, 1.807) is 0 Å². The quantitative estimate of drug-likeness (QED) is 0.856. The summed E-state index contributed by atoms with van der Waals surface area (Å²) < 4.78 is 0.732. The average molecular weight is 272 g/mol. The summed E-state index contributed by atoms with van der Waals surface area (Å²) in [5.41, 5.74) is 8.91. The molecule has 0 bridgehead atoms. The summed E-state index contributed by atoms with van der Waals surface area (Å²) in [6.07, 6.45) is 5.23. The molecule has 0 saturated carbocycles. The van der Waals surface area contributed by atoms with Crippen LogP contribution < -0.4 is 11.2 Å². The van der Waals surface area contributed by atoms with Gasteiger partial charge in [-0.05, 0) is 28.8 Å². The molecule has 3 N–H and O–H groups in total. The second-order valence-corrected chi connectivity index (χ2v) is 4.37. The molecule has 82 valence electrons. The van der Waals surface area contributed by atoms with Gasteiger partial charge in [-0.3, -0.25) is 0 Å².